The number of aromatic nitrogens is 3. The highest BCUT2D eigenvalue weighted by atomic mass is 15.3. The van der Waals surface area contributed by atoms with Crippen LogP contribution in [0.5, 0.6) is 0 Å². The Morgan fingerprint density at radius 1 is 1.89 bits per heavy atom. The standard InChI is InChI=1S/C4H7N5/c1-6-4(5)3-2-7-9-8-3/h2H,1H3,(H2,5,6)(H,7,8,9). The van der Waals surface area contributed by atoms with E-state index in [1.165, 1.54) is 6.20 Å². The van der Waals surface area contributed by atoms with E-state index in [4.69, 9.17) is 5.73 Å². The molecule has 0 unspecified atom stereocenters. The lowest BCUT2D eigenvalue weighted by Gasteiger charge is -1.86. The van der Waals surface area contributed by atoms with Gasteiger partial charge in [0, 0.05) is 7.05 Å². The zero-order chi connectivity index (χ0) is 6.69. The Kier molecular flexibility index (Phi) is 1.44. The molecule has 0 aliphatic heterocycles. The fourth-order valence-corrected chi connectivity index (χ4v) is 0.440. The molecule has 0 aromatic carbocycles. The largest absolute Gasteiger partial charge is 0.382 e. The Labute approximate surface area is 52.0 Å². The molecule has 0 saturated heterocycles. The summed E-state index contributed by atoms with van der Waals surface area (Å²) in [5.41, 5.74) is 5.95. The minimum absolute atomic E-state index is 0.392. The van der Waals surface area contributed by atoms with Crippen molar-refractivity contribution in [2.45, 2.75) is 0 Å². The molecule has 0 spiro atoms. The van der Waals surface area contributed by atoms with E-state index in [2.05, 4.69) is 20.4 Å². The maximum Gasteiger partial charge on any atom is 0.147 e. The van der Waals surface area contributed by atoms with Crippen LogP contribution in [0.25, 0.3) is 0 Å². The molecule has 1 heterocycles. The minimum Gasteiger partial charge on any atom is -0.382 e. The van der Waals surface area contributed by atoms with Crippen molar-refractivity contribution < 1.29 is 0 Å². The summed E-state index contributed by atoms with van der Waals surface area (Å²) in [5, 5.41) is 9.67. The molecule has 0 aliphatic rings. The van der Waals surface area contributed by atoms with Crippen LogP contribution in [-0.2, 0) is 0 Å². The molecule has 9 heavy (non-hydrogen) atoms. The quantitative estimate of drug-likeness (QED) is 0.378. The lowest BCUT2D eigenvalue weighted by Crippen LogP contribution is -2.13. The third-order valence-corrected chi connectivity index (χ3v) is 0.918. The molecule has 1 rings (SSSR count). The Bertz CT molecular complexity index is 199. The van der Waals surface area contributed by atoms with Gasteiger partial charge in [-0.2, -0.15) is 15.4 Å². The van der Waals surface area contributed by atoms with Gasteiger partial charge in [-0.3, -0.25) is 4.99 Å². The first-order chi connectivity index (χ1) is 4.34. The molecule has 0 aliphatic carbocycles. The summed E-state index contributed by atoms with van der Waals surface area (Å²) in [6.45, 7) is 0. The normalized spacial score (nSPS) is 11.9. The molecule has 5 heteroatoms. The Morgan fingerprint density at radius 3 is 3.11 bits per heavy atom. The summed E-state index contributed by atoms with van der Waals surface area (Å²) in [6.07, 6.45) is 1.52. The van der Waals surface area contributed by atoms with Crippen molar-refractivity contribution in [2.24, 2.45) is 10.7 Å². The number of aliphatic imine (C=N–C) groups is 1. The Morgan fingerprint density at radius 2 is 2.67 bits per heavy atom. The molecule has 1 aromatic rings. The molecule has 5 nitrogen and oxygen atoms in total. The van der Waals surface area contributed by atoms with Crippen LogP contribution in [0.2, 0.25) is 0 Å². The number of hydrogen-bond acceptors (Lipinski definition) is 3. The summed E-state index contributed by atoms with van der Waals surface area (Å²) in [6, 6.07) is 0. The Balaban J connectivity index is 2.90. The molecular weight excluding hydrogens is 118 g/mol. The van der Waals surface area contributed by atoms with Crippen molar-refractivity contribution >= 4 is 5.84 Å². The first kappa shape index (κ1) is 5.74. The molecule has 0 fully saturated rings. The maximum atomic E-state index is 5.37. The SMILES string of the molecule is CN=C(N)c1cn[nH]n1. The van der Waals surface area contributed by atoms with E-state index in [0.717, 1.165) is 0 Å². The Hall–Kier alpha value is -1.39. The number of amidine groups is 1. The average molecular weight is 125 g/mol. The zero-order valence-corrected chi connectivity index (χ0v) is 5.00. The zero-order valence-electron chi connectivity index (χ0n) is 5.00. The average Bonchev–Trinajstić information content (AvgIpc) is 2.37. The highest BCUT2D eigenvalue weighted by Gasteiger charge is 1.96. The number of aromatic amines is 1. The number of rotatable bonds is 1. The third-order valence-electron chi connectivity index (χ3n) is 0.918. The minimum atomic E-state index is 0.392. The van der Waals surface area contributed by atoms with E-state index in [-0.39, 0.29) is 0 Å². The summed E-state index contributed by atoms with van der Waals surface area (Å²) in [5.74, 6) is 0.392. The van der Waals surface area contributed by atoms with Crippen LogP contribution >= 0.6 is 0 Å². The molecule has 0 amide bonds. The number of H-pyrrole nitrogens is 1. The number of nitrogens with one attached hydrogen (secondary N) is 1. The van der Waals surface area contributed by atoms with Crippen LogP contribution in [0.4, 0.5) is 0 Å². The molecule has 0 saturated carbocycles. The van der Waals surface area contributed by atoms with Crippen LogP contribution < -0.4 is 5.73 Å². The van der Waals surface area contributed by atoms with Gasteiger partial charge in [0.05, 0.1) is 6.20 Å². The van der Waals surface area contributed by atoms with Crippen LogP contribution in [0.15, 0.2) is 11.2 Å². The van der Waals surface area contributed by atoms with Gasteiger partial charge >= 0.3 is 0 Å². The van der Waals surface area contributed by atoms with Gasteiger partial charge in [0.25, 0.3) is 0 Å². The fourth-order valence-electron chi connectivity index (χ4n) is 0.440. The lowest BCUT2D eigenvalue weighted by atomic mass is 10.4. The second-order valence-electron chi connectivity index (χ2n) is 1.46. The molecule has 0 radical (unpaired) electrons. The van der Waals surface area contributed by atoms with E-state index in [1.54, 1.807) is 7.05 Å². The van der Waals surface area contributed by atoms with Crippen LogP contribution in [0.3, 0.4) is 0 Å². The maximum absolute atomic E-state index is 5.37. The van der Waals surface area contributed by atoms with E-state index < -0.39 is 0 Å². The van der Waals surface area contributed by atoms with E-state index in [9.17, 15) is 0 Å². The van der Waals surface area contributed by atoms with Gasteiger partial charge in [-0.25, -0.2) is 0 Å². The summed E-state index contributed by atoms with van der Waals surface area (Å²) >= 11 is 0. The monoisotopic (exact) mass is 125 g/mol. The number of nitrogens with zero attached hydrogens (tertiary/aromatic N) is 3. The van der Waals surface area contributed by atoms with E-state index >= 15 is 0 Å². The number of nitrogens with two attached hydrogens (primary N) is 1. The molecule has 3 N–H and O–H groups in total. The summed E-state index contributed by atoms with van der Waals surface area (Å²) in [4.78, 5) is 3.70. The lowest BCUT2D eigenvalue weighted by molar-refractivity contribution is 0.936. The van der Waals surface area contributed by atoms with Crippen molar-refractivity contribution in [3.8, 4) is 0 Å². The van der Waals surface area contributed by atoms with Crippen LogP contribution in [-0.4, -0.2) is 28.3 Å². The van der Waals surface area contributed by atoms with E-state index in [0.29, 0.717) is 11.5 Å². The smallest absolute Gasteiger partial charge is 0.147 e. The van der Waals surface area contributed by atoms with Crippen molar-refractivity contribution in [1.29, 1.82) is 0 Å². The van der Waals surface area contributed by atoms with Crippen molar-refractivity contribution in [3.63, 3.8) is 0 Å². The highest BCUT2D eigenvalue weighted by molar-refractivity contribution is 5.95. The van der Waals surface area contributed by atoms with Gasteiger partial charge in [-0.1, -0.05) is 0 Å². The molecule has 1 aromatic heterocycles. The van der Waals surface area contributed by atoms with Crippen LogP contribution in [0, 0.1) is 0 Å². The predicted octanol–water partition coefficient (Wildman–Crippen LogP) is -0.860. The van der Waals surface area contributed by atoms with Gasteiger partial charge in [-0.15, -0.1) is 0 Å². The second kappa shape index (κ2) is 2.25. The highest BCUT2D eigenvalue weighted by Crippen LogP contribution is 1.84. The second-order valence-corrected chi connectivity index (χ2v) is 1.46. The molecular formula is C4H7N5. The molecule has 0 bridgehead atoms. The number of hydrogen-bond donors (Lipinski definition) is 2. The van der Waals surface area contributed by atoms with Gasteiger partial charge < -0.3 is 5.73 Å². The fraction of sp³-hybridized carbons (Fsp3) is 0.250. The van der Waals surface area contributed by atoms with Crippen LogP contribution in [0.1, 0.15) is 5.69 Å². The van der Waals surface area contributed by atoms with Gasteiger partial charge in [-0.05, 0) is 0 Å². The van der Waals surface area contributed by atoms with Crippen molar-refractivity contribution in [2.75, 3.05) is 7.05 Å². The van der Waals surface area contributed by atoms with Gasteiger partial charge in [0.15, 0.2) is 0 Å². The molecule has 0 atom stereocenters. The van der Waals surface area contributed by atoms with Gasteiger partial charge in [0.2, 0.25) is 0 Å². The van der Waals surface area contributed by atoms with Crippen molar-refractivity contribution in [1.82, 2.24) is 15.4 Å². The van der Waals surface area contributed by atoms with E-state index in [1.807, 2.05) is 0 Å². The first-order valence-electron chi connectivity index (χ1n) is 2.43. The molecule has 48 valence electrons. The summed E-state index contributed by atoms with van der Waals surface area (Å²) < 4.78 is 0. The van der Waals surface area contributed by atoms with Crippen molar-refractivity contribution in [3.05, 3.63) is 11.9 Å². The predicted molar refractivity (Wildman–Crippen MR) is 33.0 cm³/mol. The third kappa shape index (κ3) is 1.04. The summed E-state index contributed by atoms with van der Waals surface area (Å²) in [7, 11) is 1.60. The first-order valence-corrected chi connectivity index (χ1v) is 2.43. The van der Waals surface area contributed by atoms with Gasteiger partial charge in [0.1, 0.15) is 11.5 Å². The topological polar surface area (TPSA) is 80.0 Å².